The number of aromatic nitrogens is 3. The van der Waals surface area contributed by atoms with E-state index in [-0.39, 0.29) is 36.0 Å². The van der Waals surface area contributed by atoms with Gasteiger partial charge in [-0.1, -0.05) is 57.2 Å². The van der Waals surface area contributed by atoms with Crippen molar-refractivity contribution in [1.29, 1.82) is 0 Å². The summed E-state index contributed by atoms with van der Waals surface area (Å²) in [5.41, 5.74) is -2.80. The Bertz CT molecular complexity index is 2270. The third-order valence-electron chi connectivity index (χ3n) is 12.7. The van der Waals surface area contributed by atoms with Crippen LogP contribution < -0.4 is 26.8 Å². The molecule has 2 aliphatic heterocycles. The van der Waals surface area contributed by atoms with Gasteiger partial charge in [-0.2, -0.15) is 13.2 Å². The Morgan fingerprint density at radius 2 is 1.84 bits per heavy atom. The van der Waals surface area contributed by atoms with Crippen molar-refractivity contribution in [2.24, 2.45) is 17.3 Å². The zero-order valence-electron chi connectivity index (χ0n) is 31.9. The monoisotopic (exact) mass is 771 g/mol. The summed E-state index contributed by atoms with van der Waals surface area (Å²) in [6.45, 7) is 10.1. The van der Waals surface area contributed by atoms with E-state index in [1.807, 2.05) is 37.3 Å². The van der Waals surface area contributed by atoms with E-state index in [0.717, 1.165) is 35.7 Å². The number of nitrogens with zero attached hydrogens (tertiary/aromatic N) is 3. The van der Waals surface area contributed by atoms with Gasteiger partial charge in [0, 0.05) is 24.5 Å². The number of alkyl halides is 3. The highest BCUT2D eigenvalue weighted by atomic mass is 19.4. The van der Waals surface area contributed by atoms with Gasteiger partial charge in [0.15, 0.2) is 0 Å². The van der Waals surface area contributed by atoms with Crippen LogP contribution in [0, 0.1) is 17.3 Å². The fourth-order valence-corrected chi connectivity index (χ4v) is 9.39. The van der Waals surface area contributed by atoms with E-state index in [9.17, 15) is 27.6 Å². The number of carbonyl (C=O) groups is 2. The molecule has 2 aromatic carbocycles. The molecule has 16 heteroatoms. The van der Waals surface area contributed by atoms with E-state index >= 15 is 0 Å². The third-order valence-corrected chi connectivity index (χ3v) is 12.7. The number of pyridine rings is 1. The standard InChI is InChI=1S/C40H45BF3N7O5/c1-6-30(41-55-31-27-17-25(37(27,2)3)18-39(31,5)56-41)48-33(52)29-19-38(4,50-36(54)49-32-26-13-8-7-11-23(26)14-15-45-32)35-47-21-28(34(53)51(29)35)46-20-22-10-9-12-24(16-22)40(42,43)44/h7-16,21,25,27,29-31,46H,6,17-20H2,1-5H3,(H,48,52)(H2,45,49,50,54)/t25?,27?,29-,30-,31+,38+,39-/m0/s1. The largest absolute Gasteiger partial charge is 0.481 e. The first-order chi connectivity index (χ1) is 26.5. The molecule has 0 spiro atoms. The van der Waals surface area contributed by atoms with Crippen molar-refractivity contribution in [2.45, 2.75) is 102 Å². The molecule has 9 rings (SSSR count). The minimum Gasteiger partial charge on any atom is -0.404 e. The van der Waals surface area contributed by atoms with Gasteiger partial charge in [-0.25, -0.2) is 14.8 Å². The number of halogens is 3. The Hall–Kier alpha value is -4.96. The minimum atomic E-state index is -4.53. The van der Waals surface area contributed by atoms with E-state index in [2.05, 4.69) is 52.0 Å². The molecule has 56 heavy (non-hydrogen) atoms. The fourth-order valence-electron chi connectivity index (χ4n) is 9.39. The lowest BCUT2D eigenvalue weighted by molar-refractivity contribution is -0.185. The second-order valence-corrected chi connectivity index (χ2v) is 16.7. The predicted octanol–water partition coefficient (Wildman–Crippen LogP) is 6.57. The van der Waals surface area contributed by atoms with Gasteiger partial charge in [0.25, 0.3) is 5.56 Å². The summed E-state index contributed by atoms with van der Waals surface area (Å²) in [4.78, 5) is 51.3. The predicted molar refractivity (Wildman–Crippen MR) is 205 cm³/mol. The Morgan fingerprint density at radius 3 is 2.59 bits per heavy atom. The van der Waals surface area contributed by atoms with Crippen molar-refractivity contribution in [3.05, 3.63) is 94.3 Å². The molecule has 2 unspecified atom stereocenters. The molecular formula is C40H45BF3N7O5. The Balaban J connectivity index is 1.07. The smallest absolute Gasteiger partial charge is 0.404 e. The second kappa shape index (κ2) is 13.6. The summed E-state index contributed by atoms with van der Waals surface area (Å²) in [6, 6.07) is 12.3. The Kier molecular flexibility index (Phi) is 9.22. The number of urea groups is 1. The zero-order chi connectivity index (χ0) is 39.8. The van der Waals surface area contributed by atoms with Crippen LogP contribution in [0.5, 0.6) is 0 Å². The van der Waals surface area contributed by atoms with E-state index < -0.39 is 59.5 Å². The number of fused-ring (bicyclic) bond motifs is 2. The number of hydrogen-bond acceptors (Lipinski definition) is 8. The van der Waals surface area contributed by atoms with Gasteiger partial charge in [0.05, 0.1) is 34.9 Å². The number of rotatable bonds is 9. The van der Waals surface area contributed by atoms with Gasteiger partial charge >= 0.3 is 19.3 Å². The fraction of sp³-hybridized carbons (Fsp3) is 0.475. The summed E-state index contributed by atoms with van der Waals surface area (Å²) in [5, 5.41) is 13.4. The van der Waals surface area contributed by atoms with E-state index in [0.29, 0.717) is 29.6 Å². The topological polar surface area (TPSA) is 148 Å². The SMILES string of the molecule is CC[C@H](NC(=O)[C@@H]1C[C@@](C)(NC(=O)Nc2nccc3ccccc23)c2ncc(NCc3cccc(C(F)(F)F)c3)c(=O)n21)B1O[C@@H]2C3CC(C[C@]2(C)O1)C3(C)C. The quantitative estimate of drug-likeness (QED) is 0.140. The summed E-state index contributed by atoms with van der Waals surface area (Å²) in [5.74, 6) is 0.314. The van der Waals surface area contributed by atoms with Crippen LogP contribution in [-0.2, 0) is 32.4 Å². The van der Waals surface area contributed by atoms with Crippen LogP contribution in [0.2, 0.25) is 0 Å². The molecule has 5 aliphatic rings. The molecule has 3 aliphatic carbocycles. The van der Waals surface area contributed by atoms with Crippen LogP contribution in [0.4, 0.5) is 29.5 Å². The summed E-state index contributed by atoms with van der Waals surface area (Å²) in [6.07, 6.45) is 0.628. The molecule has 4 N–H and O–H groups in total. The molecule has 2 bridgehead atoms. The molecular weight excluding hydrogens is 726 g/mol. The van der Waals surface area contributed by atoms with E-state index in [1.54, 1.807) is 13.1 Å². The molecule has 4 fully saturated rings. The number of anilines is 2. The van der Waals surface area contributed by atoms with Crippen molar-refractivity contribution in [3.63, 3.8) is 0 Å². The average Bonchev–Trinajstić information content (AvgIpc) is 3.67. The molecule has 2 aromatic heterocycles. The highest BCUT2D eigenvalue weighted by Gasteiger charge is 2.67. The van der Waals surface area contributed by atoms with Crippen LogP contribution in [0.25, 0.3) is 10.8 Å². The average molecular weight is 772 g/mol. The zero-order valence-corrected chi connectivity index (χ0v) is 31.9. The molecule has 12 nitrogen and oxygen atoms in total. The van der Waals surface area contributed by atoms with Gasteiger partial charge in [-0.3, -0.25) is 19.5 Å². The molecule has 7 atom stereocenters. The maximum absolute atomic E-state index is 14.4. The minimum absolute atomic E-state index is 0.0225. The summed E-state index contributed by atoms with van der Waals surface area (Å²) < 4.78 is 54.7. The van der Waals surface area contributed by atoms with Crippen molar-refractivity contribution < 1.29 is 32.1 Å². The number of hydrogen-bond donors (Lipinski definition) is 4. The third kappa shape index (κ3) is 6.49. The molecule has 1 saturated heterocycles. The van der Waals surface area contributed by atoms with E-state index in [1.165, 1.54) is 22.9 Å². The number of amides is 3. The van der Waals surface area contributed by atoms with Crippen molar-refractivity contribution in [2.75, 3.05) is 10.6 Å². The number of carbonyl (C=O) groups excluding carboxylic acids is 2. The van der Waals surface area contributed by atoms with Crippen LogP contribution in [-0.4, -0.2) is 51.2 Å². The maximum Gasteiger partial charge on any atom is 0.481 e. The Morgan fingerprint density at radius 1 is 1.05 bits per heavy atom. The first kappa shape index (κ1) is 37.9. The molecule has 3 saturated carbocycles. The van der Waals surface area contributed by atoms with Crippen molar-refractivity contribution in [3.8, 4) is 0 Å². The van der Waals surface area contributed by atoms with Gasteiger partial charge < -0.3 is 25.3 Å². The van der Waals surface area contributed by atoms with Crippen LogP contribution in [0.1, 0.15) is 83.3 Å². The normalized spacial score (nSPS) is 27.8. The second-order valence-electron chi connectivity index (χ2n) is 16.7. The lowest BCUT2D eigenvalue weighted by Gasteiger charge is -2.63. The van der Waals surface area contributed by atoms with Crippen LogP contribution >= 0.6 is 0 Å². The summed E-state index contributed by atoms with van der Waals surface area (Å²) in [7, 11) is -0.700. The number of benzene rings is 2. The van der Waals surface area contributed by atoms with Gasteiger partial charge in [-0.15, -0.1) is 0 Å². The molecule has 294 valence electrons. The molecule has 3 amide bonds. The lowest BCUT2D eigenvalue weighted by Crippen LogP contribution is -2.63. The molecule has 0 radical (unpaired) electrons. The molecule has 4 heterocycles. The number of nitrogens with one attached hydrogen (secondary N) is 4. The van der Waals surface area contributed by atoms with Gasteiger partial charge in [-0.05, 0) is 79.5 Å². The van der Waals surface area contributed by atoms with Gasteiger partial charge in [0.2, 0.25) is 5.91 Å². The molecule has 4 aromatic rings. The lowest BCUT2D eigenvalue weighted by atomic mass is 9.45. The van der Waals surface area contributed by atoms with Crippen LogP contribution in [0.15, 0.2) is 71.8 Å². The maximum atomic E-state index is 14.4. The van der Waals surface area contributed by atoms with Crippen LogP contribution in [0.3, 0.4) is 0 Å². The highest BCUT2D eigenvalue weighted by molar-refractivity contribution is 6.47. The highest BCUT2D eigenvalue weighted by Crippen LogP contribution is 2.64. The first-order valence-corrected chi connectivity index (χ1v) is 19.1. The van der Waals surface area contributed by atoms with Crippen molar-refractivity contribution in [1.82, 2.24) is 25.2 Å². The van der Waals surface area contributed by atoms with E-state index in [4.69, 9.17) is 9.31 Å². The summed E-state index contributed by atoms with van der Waals surface area (Å²) >= 11 is 0. The van der Waals surface area contributed by atoms with Gasteiger partial charge in [0.1, 0.15) is 23.4 Å². The first-order valence-electron chi connectivity index (χ1n) is 19.1. The Labute approximate surface area is 322 Å². The van der Waals surface area contributed by atoms with Crippen molar-refractivity contribution >= 4 is 41.3 Å².